The topological polar surface area (TPSA) is 79.7 Å². The number of halogens is 1. The molecule has 152 valence electrons. The van der Waals surface area contributed by atoms with E-state index < -0.39 is 17.7 Å². The van der Waals surface area contributed by atoms with Crippen molar-refractivity contribution < 1.29 is 19.4 Å². The molecule has 4 rings (SSSR count). The van der Waals surface area contributed by atoms with Crippen LogP contribution in [-0.2, 0) is 16.1 Å². The third-order valence-electron chi connectivity index (χ3n) is 4.84. The van der Waals surface area contributed by atoms with E-state index in [1.165, 1.54) is 29.4 Å². The maximum Gasteiger partial charge on any atom is 0.295 e. The molecule has 3 heterocycles. The zero-order valence-electron chi connectivity index (χ0n) is 15.9. The van der Waals surface area contributed by atoms with Gasteiger partial charge in [-0.15, -0.1) is 11.3 Å². The fourth-order valence-electron chi connectivity index (χ4n) is 3.48. The van der Waals surface area contributed by atoms with Crippen molar-refractivity contribution in [2.24, 2.45) is 0 Å². The fourth-order valence-corrected chi connectivity index (χ4v) is 4.50. The number of aromatic nitrogens is 1. The number of hydrogen-bond acceptors (Lipinski definition) is 6. The summed E-state index contributed by atoms with van der Waals surface area (Å²) in [6.07, 6.45) is 3.28. The summed E-state index contributed by atoms with van der Waals surface area (Å²) in [5.41, 5.74) is 1.04. The Morgan fingerprint density at radius 2 is 2.10 bits per heavy atom. The van der Waals surface area contributed by atoms with Gasteiger partial charge in [0.2, 0.25) is 0 Å². The number of methoxy groups -OCH3 is 1. The van der Waals surface area contributed by atoms with Crippen molar-refractivity contribution in [2.75, 3.05) is 7.11 Å². The first-order valence-electron chi connectivity index (χ1n) is 9.06. The molecule has 1 aliphatic heterocycles. The molecule has 0 unspecified atom stereocenters. The average Bonchev–Trinajstić information content (AvgIpc) is 3.37. The molecule has 0 radical (unpaired) electrons. The van der Waals surface area contributed by atoms with Crippen LogP contribution in [0.2, 0.25) is 5.02 Å². The Balaban J connectivity index is 1.88. The lowest BCUT2D eigenvalue weighted by Crippen LogP contribution is -2.28. The fraction of sp³-hybridized carbons (Fsp3) is 0.136. The molecule has 0 aliphatic carbocycles. The number of carbonyl (C=O) groups excluding carboxylic acids is 2. The van der Waals surface area contributed by atoms with Crippen LogP contribution < -0.4 is 4.74 Å². The summed E-state index contributed by atoms with van der Waals surface area (Å²) in [5, 5.41) is 13.4. The second-order valence-electron chi connectivity index (χ2n) is 6.65. The second kappa shape index (κ2) is 8.30. The minimum atomic E-state index is -0.753. The normalized spacial score (nSPS) is 18.1. The number of Topliss-reactive ketones (excluding diaryl/α,β-unsaturated/α-hetero) is 1. The first-order chi connectivity index (χ1) is 14.5. The number of aliphatic hydroxyl groups excluding tert-OH is 1. The zero-order valence-corrected chi connectivity index (χ0v) is 17.5. The Morgan fingerprint density at radius 3 is 2.77 bits per heavy atom. The van der Waals surface area contributed by atoms with E-state index in [-0.39, 0.29) is 23.4 Å². The first-order valence-corrected chi connectivity index (χ1v) is 10.3. The van der Waals surface area contributed by atoms with E-state index in [1.54, 1.807) is 30.6 Å². The molecule has 1 N–H and O–H groups in total. The molecule has 1 fully saturated rings. The quantitative estimate of drug-likeness (QED) is 0.360. The lowest BCUT2D eigenvalue weighted by molar-refractivity contribution is -0.140. The minimum Gasteiger partial charge on any atom is -0.507 e. The van der Waals surface area contributed by atoms with Gasteiger partial charge in [0, 0.05) is 28.8 Å². The van der Waals surface area contributed by atoms with Crippen LogP contribution in [0.4, 0.5) is 0 Å². The Kier molecular flexibility index (Phi) is 5.57. The highest BCUT2D eigenvalue weighted by Gasteiger charge is 2.46. The SMILES string of the molecule is COc1ccc(Cl)cc1/C(O)=C1\C(=O)C(=O)N(Cc2cccnc2)[C@H]1c1cccs1. The van der Waals surface area contributed by atoms with Gasteiger partial charge in [-0.05, 0) is 41.3 Å². The monoisotopic (exact) mass is 440 g/mol. The van der Waals surface area contributed by atoms with Crippen molar-refractivity contribution in [3.63, 3.8) is 0 Å². The highest BCUT2D eigenvalue weighted by atomic mass is 35.5. The molecule has 1 amide bonds. The van der Waals surface area contributed by atoms with Crippen LogP contribution in [0.25, 0.3) is 5.76 Å². The summed E-state index contributed by atoms with van der Waals surface area (Å²) in [5.74, 6) is -1.41. The van der Waals surface area contributed by atoms with E-state index in [2.05, 4.69) is 4.98 Å². The van der Waals surface area contributed by atoms with Gasteiger partial charge in [0.15, 0.2) is 0 Å². The number of pyridine rings is 1. The molecule has 1 saturated heterocycles. The van der Waals surface area contributed by atoms with Gasteiger partial charge in [0.25, 0.3) is 11.7 Å². The zero-order chi connectivity index (χ0) is 21.3. The lowest BCUT2D eigenvalue weighted by atomic mass is 9.99. The molecule has 30 heavy (non-hydrogen) atoms. The summed E-state index contributed by atoms with van der Waals surface area (Å²) >= 11 is 7.51. The number of carbonyl (C=O) groups is 2. The number of ketones is 1. The van der Waals surface area contributed by atoms with Crippen LogP contribution in [0, 0.1) is 0 Å². The number of nitrogens with zero attached hydrogens (tertiary/aromatic N) is 2. The molecule has 1 aromatic carbocycles. The van der Waals surface area contributed by atoms with Gasteiger partial charge < -0.3 is 14.7 Å². The van der Waals surface area contributed by atoms with Crippen LogP contribution in [0.1, 0.15) is 22.0 Å². The van der Waals surface area contributed by atoms with Gasteiger partial charge in [-0.1, -0.05) is 23.7 Å². The number of hydrogen-bond donors (Lipinski definition) is 1. The first kappa shape index (κ1) is 20.1. The van der Waals surface area contributed by atoms with Gasteiger partial charge in [0.05, 0.1) is 24.3 Å². The highest BCUT2D eigenvalue weighted by molar-refractivity contribution is 7.10. The van der Waals surface area contributed by atoms with E-state index in [0.717, 1.165) is 10.4 Å². The molecule has 1 aliphatic rings. The molecule has 0 saturated carbocycles. The number of ether oxygens (including phenoxy) is 1. The predicted molar refractivity (Wildman–Crippen MR) is 114 cm³/mol. The molecule has 0 bridgehead atoms. The molecular weight excluding hydrogens is 424 g/mol. The van der Waals surface area contributed by atoms with Crippen molar-refractivity contribution in [1.29, 1.82) is 0 Å². The minimum absolute atomic E-state index is 0.00640. The van der Waals surface area contributed by atoms with E-state index in [9.17, 15) is 14.7 Å². The third-order valence-corrected chi connectivity index (χ3v) is 6.00. The van der Waals surface area contributed by atoms with Gasteiger partial charge in [0.1, 0.15) is 11.5 Å². The molecule has 6 nitrogen and oxygen atoms in total. The number of rotatable bonds is 5. The Bertz CT molecular complexity index is 1130. The lowest BCUT2D eigenvalue weighted by Gasteiger charge is -2.24. The molecule has 3 aromatic rings. The second-order valence-corrected chi connectivity index (χ2v) is 8.06. The molecule has 0 spiro atoms. The number of benzene rings is 1. The predicted octanol–water partition coefficient (Wildman–Crippen LogP) is 4.43. The Labute approximate surface area is 182 Å². The summed E-state index contributed by atoms with van der Waals surface area (Å²) in [6, 6.07) is 11.3. The van der Waals surface area contributed by atoms with Crippen molar-refractivity contribution in [1.82, 2.24) is 9.88 Å². The van der Waals surface area contributed by atoms with Gasteiger partial charge in [-0.2, -0.15) is 0 Å². The smallest absolute Gasteiger partial charge is 0.295 e. The number of amides is 1. The van der Waals surface area contributed by atoms with Crippen LogP contribution in [0.15, 0.2) is 65.8 Å². The van der Waals surface area contributed by atoms with E-state index >= 15 is 0 Å². The van der Waals surface area contributed by atoms with Crippen molar-refractivity contribution in [3.05, 3.63) is 86.8 Å². The standard InChI is InChI=1S/C22H17ClN2O4S/c1-29-16-7-6-14(23)10-15(16)20(26)18-19(17-5-3-9-30-17)25(22(28)21(18)27)12-13-4-2-8-24-11-13/h2-11,19,26H,12H2,1H3/b20-18+/t19-/m0/s1. The van der Waals surface area contributed by atoms with Crippen molar-refractivity contribution in [2.45, 2.75) is 12.6 Å². The van der Waals surface area contributed by atoms with E-state index in [0.29, 0.717) is 10.8 Å². The van der Waals surface area contributed by atoms with E-state index in [1.807, 2.05) is 23.6 Å². The molecule has 1 atom stereocenters. The Hall–Kier alpha value is -3.16. The van der Waals surface area contributed by atoms with Gasteiger partial charge >= 0.3 is 0 Å². The molecule has 8 heteroatoms. The van der Waals surface area contributed by atoms with Crippen molar-refractivity contribution in [3.8, 4) is 5.75 Å². The number of likely N-dealkylation sites (tertiary alicyclic amines) is 1. The van der Waals surface area contributed by atoms with Crippen LogP contribution in [-0.4, -0.2) is 33.8 Å². The summed E-state index contributed by atoms with van der Waals surface area (Å²) in [4.78, 5) is 32.3. The van der Waals surface area contributed by atoms with Gasteiger partial charge in [-0.25, -0.2) is 0 Å². The summed E-state index contributed by atoms with van der Waals surface area (Å²) in [6.45, 7) is 0.185. The largest absolute Gasteiger partial charge is 0.507 e. The number of aliphatic hydroxyl groups is 1. The third kappa shape index (κ3) is 3.58. The van der Waals surface area contributed by atoms with Crippen LogP contribution in [0.3, 0.4) is 0 Å². The maximum absolute atomic E-state index is 13.0. The van der Waals surface area contributed by atoms with Crippen molar-refractivity contribution >= 4 is 40.4 Å². The summed E-state index contributed by atoms with van der Waals surface area (Å²) in [7, 11) is 1.46. The maximum atomic E-state index is 13.0. The highest BCUT2D eigenvalue weighted by Crippen LogP contribution is 2.43. The van der Waals surface area contributed by atoms with Crippen LogP contribution >= 0.6 is 22.9 Å². The molecular formula is C22H17ClN2O4S. The van der Waals surface area contributed by atoms with Gasteiger partial charge in [-0.3, -0.25) is 14.6 Å². The van der Waals surface area contributed by atoms with Crippen LogP contribution in [0.5, 0.6) is 5.75 Å². The summed E-state index contributed by atoms with van der Waals surface area (Å²) < 4.78 is 5.32. The Morgan fingerprint density at radius 1 is 1.27 bits per heavy atom. The number of thiophene rings is 1. The van der Waals surface area contributed by atoms with E-state index in [4.69, 9.17) is 16.3 Å². The molecule has 2 aromatic heterocycles. The average molecular weight is 441 g/mol.